The van der Waals surface area contributed by atoms with Gasteiger partial charge in [0.05, 0.1) is 11.3 Å². The molecule has 0 spiro atoms. The summed E-state index contributed by atoms with van der Waals surface area (Å²) in [4.78, 5) is 28.3. The van der Waals surface area contributed by atoms with E-state index in [-0.39, 0.29) is 24.1 Å². The van der Waals surface area contributed by atoms with Gasteiger partial charge in [0.1, 0.15) is 18.6 Å². The van der Waals surface area contributed by atoms with E-state index in [2.05, 4.69) is 16.4 Å². The number of carbonyl (C=O) groups excluding carboxylic acids is 2. The lowest BCUT2D eigenvalue weighted by molar-refractivity contribution is -0.136. The largest absolute Gasteiger partial charge is 0.337 e. The Morgan fingerprint density at radius 2 is 2.04 bits per heavy atom. The second kappa shape index (κ2) is 8.04. The van der Waals surface area contributed by atoms with Gasteiger partial charge in [0, 0.05) is 25.6 Å². The zero-order chi connectivity index (χ0) is 20.4. The summed E-state index contributed by atoms with van der Waals surface area (Å²) >= 11 is 0. The van der Waals surface area contributed by atoms with Crippen molar-refractivity contribution < 1.29 is 14.0 Å². The third-order valence-electron chi connectivity index (χ3n) is 5.18. The SMILES string of the molecule is Cc1[c]nnc(Cc2ccc(F)c(C(=O)N3CCN(C(C)C)C(=O)C3)c2)c1C. The van der Waals surface area contributed by atoms with Crippen molar-refractivity contribution in [2.75, 3.05) is 19.6 Å². The zero-order valence-electron chi connectivity index (χ0n) is 16.6. The van der Waals surface area contributed by atoms with Crippen molar-refractivity contribution >= 4 is 11.8 Å². The van der Waals surface area contributed by atoms with Crippen LogP contribution in [0.4, 0.5) is 4.39 Å². The molecule has 1 aromatic carbocycles. The van der Waals surface area contributed by atoms with Gasteiger partial charge in [0.15, 0.2) is 0 Å². The van der Waals surface area contributed by atoms with Crippen LogP contribution in [0.5, 0.6) is 0 Å². The Bertz CT molecular complexity index is 913. The van der Waals surface area contributed by atoms with Crippen molar-refractivity contribution in [3.05, 3.63) is 58.2 Å². The maximum atomic E-state index is 14.4. The summed E-state index contributed by atoms with van der Waals surface area (Å²) in [5.41, 5.74) is 3.39. The molecular formula is C21H24FN4O2. The fraction of sp³-hybridized carbons (Fsp3) is 0.429. The van der Waals surface area contributed by atoms with Gasteiger partial charge in [-0.05, 0) is 56.5 Å². The molecule has 2 heterocycles. The minimum absolute atomic E-state index is 0.0203. The van der Waals surface area contributed by atoms with Crippen molar-refractivity contribution in [3.63, 3.8) is 0 Å². The molecule has 0 unspecified atom stereocenters. The Hall–Kier alpha value is -2.83. The van der Waals surface area contributed by atoms with Gasteiger partial charge in [0.2, 0.25) is 5.91 Å². The third-order valence-corrected chi connectivity index (χ3v) is 5.18. The van der Waals surface area contributed by atoms with Crippen molar-refractivity contribution in [1.82, 2.24) is 20.0 Å². The van der Waals surface area contributed by atoms with Crippen LogP contribution in [0.15, 0.2) is 18.2 Å². The van der Waals surface area contributed by atoms with Gasteiger partial charge < -0.3 is 9.80 Å². The average Bonchev–Trinajstić information content (AvgIpc) is 2.66. The standard InChI is InChI=1S/C21H24FN4O2/c1-13(2)26-8-7-25(12-20(26)27)21(28)17-9-16(5-6-18(17)22)10-19-15(4)14(3)11-23-24-19/h5-6,9,13H,7-8,10,12H2,1-4H3. The zero-order valence-corrected chi connectivity index (χ0v) is 16.6. The molecule has 1 fully saturated rings. The molecule has 0 N–H and O–H groups in total. The second-order valence-electron chi connectivity index (χ2n) is 7.41. The predicted molar refractivity (Wildman–Crippen MR) is 102 cm³/mol. The lowest BCUT2D eigenvalue weighted by Crippen LogP contribution is -2.54. The van der Waals surface area contributed by atoms with Crippen LogP contribution in [0.25, 0.3) is 0 Å². The fourth-order valence-corrected chi connectivity index (χ4v) is 3.32. The molecule has 28 heavy (non-hydrogen) atoms. The number of piperazine rings is 1. The first-order chi connectivity index (χ1) is 13.3. The van der Waals surface area contributed by atoms with E-state index in [0.29, 0.717) is 19.5 Å². The molecule has 6 nitrogen and oxygen atoms in total. The van der Waals surface area contributed by atoms with Crippen LogP contribution in [0.3, 0.4) is 0 Å². The highest BCUT2D eigenvalue weighted by molar-refractivity contribution is 5.97. The highest BCUT2D eigenvalue weighted by atomic mass is 19.1. The van der Waals surface area contributed by atoms with E-state index in [4.69, 9.17) is 0 Å². The van der Waals surface area contributed by atoms with Gasteiger partial charge in [0.25, 0.3) is 5.91 Å². The van der Waals surface area contributed by atoms with Gasteiger partial charge >= 0.3 is 0 Å². The van der Waals surface area contributed by atoms with Gasteiger partial charge in [-0.1, -0.05) is 6.07 Å². The summed E-state index contributed by atoms with van der Waals surface area (Å²) in [7, 11) is 0. The van der Waals surface area contributed by atoms with Gasteiger partial charge in [-0.15, -0.1) is 5.10 Å². The topological polar surface area (TPSA) is 66.4 Å². The molecule has 1 aromatic heterocycles. The van der Waals surface area contributed by atoms with Crippen LogP contribution in [0.2, 0.25) is 0 Å². The maximum Gasteiger partial charge on any atom is 0.257 e. The first-order valence-corrected chi connectivity index (χ1v) is 9.35. The molecule has 1 saturated heterocycles. The number of nitrogens with zero attached hydrogens (tertiary/aromatic N) is 4. The molecule has 147 valence electrons. The van der Waals surface area contributed by atoms with E-state index in [0.717, 1.165) is 22.4 Å². The summed E-state index contributed by atoms with van der Waals surface area (Å²) in [5, 5.41) is 7.96. The molecular weight excluding hydrogens is 359 g/mol. The minimum atomic E-state index is -0.590. The van der Waals surface area contributed by atoms with Crippen molar-refractivity contribution in [2.24, 2.45) is 0 Å². The molecule has 1 radical (unpaired) electrons. The number of halogens is 1. The molecule has 1 aliphatic heterocycles. The van der Waals surface area contributed by atoms with Crippen molar-refractivity contribution in [2.45, 2.75) is 40.2 Å². The minimum Gasteiger partial charge on any atom is -0.337 e. The fourth-order valence-electron chi connectivity index (χ4n) is 3.32. The summed E-state index contributed by atoms with van der Waals surface area (Å²) < 4.78 is 14.4. The van der Waals surface area contributed by atoms with E-state index < -0.39 is 11.7 Å². The molecule has 0 aliphatic carbocycles. The van der Waals surface area contributed by atoms with E-state index in [1.807, 2.05) is 27.7 Å². The number of aromatic nitrogens is 2. The van der Waals surface area contributed by atoms with E-state index in [9.17, 15) is 14.0 Å². The Labute approximate surface area is 164 Å². The van der Waals surface area contributed by atoms with Crippen LogP contribution in [0.1, 0.15) is 46.6 Å². The number of rotatable bonds is 4. The summed E-state index contributed by atoms with van der Waals surface area (Å²) in [6.07, 6.45) is 3.24. The lowest BCUT2D eigenvalue weighted by Gasteiger charge is -2.36. The molecule has 3 rings (SSSR count). The third kappa shape index (κ3) is 4.03. The Morgan fingerprint density at radius 3 is 2.71 bits per heavy atom. The second-order valence-corrected chi connectivity index (χ2v) is 7.41. The van der Waals surface area contributed by atoms with Crippen LogP contribution in [-0.2, 0) is 11.2 Å². The highest BCUT2D eigenvalue weighted by Crippen LogP contribution is 2.19. The Morgan fingerprint density at radius 1 is 1.29 bits per heavy atom. The quantitative estimate of drug-likeness (QED) is 0.813. The number of carbonyl (C=O) groups is 2. The van der Waals surface area contributed by atoms with Gasteiger partial charge in [-0.25, -0.2) is 4.39 Å². The molecule has 1 aliphatic rings. The van der Waals surface area contributed by atoms with Crippen LogP contribution in [0, 0.1) is 25.9 Å². The predicted octanol–water partition coefficient (Wildman–Crippen LogP) is 2.32. The van der Waals surface area contributed by atoms with Gasteiger partial charge in [-0.3, -0.25) is 9.59 Å². The average molecular weight is 383 g/mol. The molecule has 0 bridgehead atoms. The Balaban J connectivity index is 1.81. The van der Waals surface area contributed by atoms with E-state index >= 15 is 0 Å². The van der Waals surface area contributed by atoms with Crippen LogP contribution >= 0.6 is 0 Å². The summed E-state index contributed by atoms with van der Waals surface area (Å²) in [5.74, 6) is -1.17. The number of benzene rings is 1. The molecule has 0 atom stereocenters. The molecule has 2 amide bonds. The van der Waals surface area contributed by atoms with Crippen molar-refractivity contribution in [3.8, 4) is 0 Å². The Kier molecular flexibility index (Phi) is 5.72. The summed E-state index contributed by atoms with van der Waals surface area (Å²) in [6, 6.07) is 4.56. The molecule has 0 saturated carbocycles. The van der Waals surface area contributed by atoms with E-state index in [1.54, 1.807) is 17.0 Å². The number of hydrogen-bond donors (Lipinski definition) is 0. The lowest BCUT2D eigenvalue weighted by atomic mass is 10.0. The van der Waals surface area contributed by atoms with E-state index in [1.165, 1.54) is 11.0 Å². The molecule has 2 aromatic rings. The van der Waals surface area contributed by atoms with Crippen LogP contribution in [-0.4, -0.2) is 57.5 Å². The molecule has 7 heteroatoms. The van der Waals surface area contributed by atoms with Gasteiger partial charge in [-0.2, -0.15) is 5.10 Å². The number of aryl methyl sites for hydroxylation is 1. The monoisotopic (exact) mass is 383 g/mol. The highest BCUT2D eigenvalue weighted by Gasteiger charge is 2.30. The smallest absolute Gasteiger partial charge is 0.257 e. The normalized spacial score (nSPS) is 14.7. The van der Waals surface area contributed by atoms with Crippen molar-refractivity contribution in [1.29, 1.82) is 0 Å². The number of hydrogen-bond acceptors (Lipinski definition) is 4. The summed E-state index contributed by atoms with van der Waals surface area (Å²) in [6.45, 7) is 8.53. The first kappa shape index (κ1) is 19.9. The number of amides is 2. The maximum absolute atomic E-state index is 14.4. The first-order valence-electron chi connectivity index (χ1n) is 9.35. The van der Waals surface area contributed by atoms with Crippen LogP contribution < -0.4 is 0 Å².